The van der Waals surface area contributed by atoms with Crippen LogP contribution in [0, 0.1) is 5.82 Å². The lowest BCUT2D eigenvalue weighted by Gasteiger charge is -2.19. The highest BCUT2D eigenvalue weighted by Gasteiger charge is 2.13. The average Bonchev–Trinajstić information content (AvgIpc) is 2.43. The summed E-state index contributed by atoms with van der Waals surface area (Å²) in [7, 11) is 0. The molecule has 0 saturated heterocycles. The molecule has 0 atom stereocenters. The number of rotatable bonds is 2. The van der Waals surface area contributed by atoms with Crippen LogP contribution in [0.3, 0.4) is 0 Å². The van der Waals surface area contributed by atoms with Gasteiger partial charge in [0, 0.05) is 0 Å². The van der Waals surface area contributed by atoms with Crippen LogP contribution in [-0.2, 0) is 0 Å². The van der Waals surface area contributed by atoms with Crippen molar-refractivity contribution in [3.05, 3.63) is 29.0 Å². The molecular weight excluding hydrogens is 267 g/mol. The number of hydrogen-bond donors (Lipinski definition) is 3. The highest BCUT2D eigenvalue weighted by atomic mass is 35.5. The number of nitrogens with zero attached hydrogens (tertiary/aromatic N) is 1. The summed E-state index contributed by atoms with van der Waals surface area (Å²) in [6.07, 6.45) is 5.76. The number of benzene rings is 1. The van der Waals surface area contributed by atoms with E-state index in [1.165, 1.54) is 37.5 Å². The van der Waals surface area contributed by atoms with Gasteiger partial charge in [0.05, 0.1) is 16.8 Å². The molecule has 0 aromatic heterocycles. The Morgan fingerprint density at radius 2 is 2.05 bits per heavy atom. The van der Waals surface area contributed by atoms with Gasteiger partial charge in [-0.1, -0.05) is 30.9 Å². The van der Waals surface area contributed by atoms with Crippen molar-refractivity contribution in [3.8, 4) is 0 Å². The van der Waals surface area contributed by atoms with Gasteiger partial charge in [-0.15, -0.1) is 0 Å². The van der Waals surface area contributed by atoms with Gasteiger partial charge in [-0.25, -0.2) is 15.2 Å². The summed E-state index contributed by atoms with van der Waals surface area (Å²) in [5.41, 5.74) is 2.96. The lowest BCUT2D eigenvalue weighted by molar-refractivity contribution is 0.442. The van der Waals surface area contributed by atoms with E-state index in [2.05, 4.69) is 15.7 Å². The summed E-state index contributed by atoms with van der Waals surface area (Å²) < 4.78 is 13.2. The topological polar surface area (TPSA) is 62.4 Å². The van der Waals surface area contributed by atoms with E-state index in [1.807, 2.05) is 0 Å². The van der Waals surface area contributed by atoms with Gasteiger partial charge in [0.25, 0.3) is 0 Å². The van der Waals surface area contributed by atoms with E-state index in [9.17, 15) is 4.39 Å². The number of anilines is 1. The van der Waals surface area contributed by atoms with Crippen LogP contribution in [0.25, 0.3) is 0 Å². The second kappa shape index (κ2) is 6.73. The number of nitrogens with two attached hydrogens (primary N) is 1. The molecule has 0 heterocycles. The number of hydrazine groups is 1. The first-order chi connectivity index (χ1) is 9.19. The fourth-order valence-corrected chi connectivity index (χ4v) is 2.38. The van der Waals surface area contributed by atoms with Crippen LogP contribution in [0.4, 0.5) is 10.1 Å². The maximum atomic E-state index is 13.2. The lowest BCUT2D eigenvalue weighted by Crippen LogP contribution is -2.37. The first-order valence-corrected chi connectivity index (χ1v) is 6.83. The van der Waals surface area contributed by atoms with Crippen molar-refractivity contribution in [1.29, 1.82) is 0 Å². The molecular formula is C13H18ClFN4. The molecule has 0 unspecified atom stereocenters. The third kappa shape index (κ3) is 4.08. The second-order valence-electron chi connectivity index (χ2n) is 4.66. The maximum absolute atomic E-state index is 13.2. The molecule has 0 spiro atoms. The van der Waals surface area contributed by atoms with Gasteiger partial charge >= 0.3 is 0 Å². The fourth-order valence-electron chi connectivity index (χ4n) is 2.22. The molecule has 4 nitrogen and oxygen atoms in total. The molecule has 4 N–H and O–H groups in total. The highest BCUT2D eigenvalue weighted by molar-refractivity contribution is 6.33. The molecule has 1 saturated carbocycles. The van der Waals surface area contributed by atoms with Crippen molar-refractivity contribution in [3.63, 3.8) is 0 Å². The molecule has 19 heavy (non-hydrogen) atoms. The molecule has 0 amide bonds. The first-order valence-electron chi connectivity index (χ1n) is 6.45. The van der Waals surface area contributed by atoms with Crippen LogP contribution >= 0.6 is 11.6 Å². The zero-order valence-corrected chi connectivity index (χ0v) is 11.4. The largest absolute Gasteiger partial charge is 0.324 e. The number of guanidine groups is 1. The van der Waals surface area contributed by atoms with Crippen molar-refractivity contribution in [2.45, 2.75) is 38.1 Å². The number of aliphatic imine (C=N–C) groups is 1. The van der Waals surface area contributed by atoms with Crippen LogP contribution in [0.2, 0.25) is 5.02 Å². The molecule has 0 aliphatic heterocycles. The molecule has 1 fully saturated rings. The number of halogens is 2. The molecule has 1 aromatic carbocycles. The van der Waals surface area contributed by atoms with Gasteiger partial charge < -0.3 is 5.32 Å². The van der Waals surface area contributed by atoms with Crippen LogP contribution in [-0.4, -0.2) is 12.0 Å². The third-order valence-corrected chi connectivity index (χ3v) is 3.53. The van der Waals surface area contributed by atoms with Crippen LogP contribution in [0.5, 0.6) is 0 Å². The third-order valence-electron chi connectivity index (χ3n) is 3.20. The molecule has 0 radical (unpaired) electrons. The Hall–Kier alpha value is -1.33. The number of nitrogens with one attached hydrogen (secondary N) is 2. The molecule has 1 aliphatic rings. The Labute approximate surface area is 117 Å². The zero-order chi connectivity index (χ0) is 13.7. The van der Waals surface area contributed by atoms with Gasteiger partial charge in [-0.3, -0.25) is 5.43 Å². The molecule has 1 aliphatic carbocycles. The molecule has 6 heteroatoms. The summed E-state index contributed by atoms with van der Waals surface area (Å²) in [5.74, 6) is 5.50. The highest BCUT2D eigenvalue weighted by Crippen LogP contribution is 2.23. The lowest BCUT2D eigenvalue weighted by atomic mass is 9.96. The quantitative estimate of drug-likeness (QED) is 0.338. The van der Waals surface area contributed by atoms with Crippen LogP contribution < -0.4 is 16.6 Å². The Kier molecular flexibility index (Phi) is 4.99. The monoisotopic (exact) mass is 284 g/mol. The minimum absolute atomic E-state index is 0.264. The summed E-state index contributed by atoms with van der Waals surface area (Å²) >= 11 is 5.99. The molecule has 1 aromatic rings. The van der Waals surface area contributed by atoms with Gasteiger partial charge in [-0.2, -0.15) is 0 Å². The Morgan fingerprint density at radius 3 is 2.74 bits per heavy atom. The summed E-state index contributed by atoms with van der Waals surface area (Å²) in [4.78, 5) is 4.51. The normalized spacial score (nSPS) is 17.3. The smallest absolute Gasteiger partial charge is 0.210 e. The van der Waals surface area contributed by atoms with E-state index >= 15 is 0 Å². The average molecular weight is 285 g/mol. The zero-order valence-electron chi connectivity index (χ0n) is 10.6. The van der Waals surface area contributed by atoms with Crippen molar-refractivity contribution in [2.75, 3.05) is 5.32 Å². The Bertz CT molecular complexity index is 458. The van der Waals surface area contributed by atoms with Crippen molar-refractivity contribution in [2.24, 2.45) is 10.8 Å². The molecule has 0 bridgehead atoms. The second-order valence-corrected chi connectivity index (χ2v) is 5.07. The summed E-state index contributed by atoms with van der Waals surface area (Å²) in [5, 5.41) is 3.35. The fraction of sp³-hybridized carbons (Fsp3) is 0.462. The van der Waals surface area contributed by atoms with Crippen LogP contribution in [0.1, 0.15) is 32.1 Å². The van der Waals surface area contributed by atoms with E-state index in [0.717, 1.165) is 12.8 Å². The predicted molar refractivity (Wildman–Crippen MR) is 76.7 cm³/mol. The van der Waals surface area contributed by atoms with E-state index in [1.54, 1.807) is 0 Å². The van der Waals surface area contributed by atoms with E-state index in [4.69, 9.17) is 17.4 Å². The predicted octanol–water partition coefficient (Wildman–Crippen LogP) is 3.04. The van der Waals surface area contributed by atoms with Gasteiger partial charge in [0.2, 0.25) is 5.96 Å². The maximum Gasteiger partial charge on any atom is 0.210 e. The van der Waals surface area contributed by atoms with E-state index in [0.29, 0.717) is 16.7 Å². The van der Waals surface area contributed by atoms with Crippen molar-refractivity contribution in [1.82, 2.24) is 5.43 Å². The minimum atomic E-state index is -0.360. The van der Waals surface area contributed by atoms with Gasteiger partial charge in [-0.05, 0) is 31.0 Å². The SMILES string of the molecule is NNC(=NC1CCCCC1)Nc1cc(F)ccc1Cl. The standard InChI is InChI=1S/C13H18ClFN4/c14-11-7-6-9(15)8-12(11)18-13(19-16)17-10-4-2-1-3-5-10/h6-8,10H,1-5,16H2,(H2,17,18,19). The molecule has 104 valence electrons. The summed E-state index contributed by atoms with van der Waals surface area (Å²) in [6.45, 7) is 0. The Balaban J connectivity index is 2.09. The Morgan fingerprint density at radius 1 is 1.32 bits per heavy atom. The minimum Gasteiger partial charge on any atom is -0.324 e. The van der Waals surface area contributed by atoms with E-state index < -0.39 is 0 Å². The van der Waals surface area contributed by atoms with Crippen LogP contribution in [0.15, 0.2) is 23.2 Å². The first kappa shape index (κ1) is 14.1. The van der Waals surface area contributed by atoms with Gasteiger partial charge in [0.1, 0.15) is 5.82 Å². The molecule has 2 rings (SSSR count). The summed E-state index contributed by atoms with van der Waals surface area (Å²) in [6, 6.07) is 4.38. The van der Waals surface area contributed by atoms with Gasteiger partial charge in [0.15, 0.2) is 0 Å². The van der Waals surface area contributed by atoms with E-state index in [-0.39, 0.29) is 11.9 Å². The van der Waals surface area contributed by atoms with Crippen molar-refractivity contribution < 1.29 is 4.39 Å². The van der Waals surface area contributed by atoms with Crippen molar-refractivity contribution >= 4 is 23.2 Å². The number of hydrogen-bond acceptors (Lipinski definition) is 2.